The number of carbonyl (C=O) groups is 3. The predicted octanol–water partition coefficient (Wildman–Crippen LogP) is 7.13. The topological polar surface area (TPSA) is 151 Å². The van der Waals surface area contributed by atoms with Crippen molar-refractivity contribution >= 4 is 35.4 Å². The van der Waals surface area contributed by atoms with Crippen LogP contribution in [-0.2, 0) is 20.7 Å². The quantitative estimate of drug-likeness (QED) is 0.163. The van der Waals surface area contributed by atoms with Gasteiger partial charge in [-0.05, 0) is 112 Å². The van der Waals surface area contributed by atoms with Crippen LogP contribution in [-0.4, -0.2) is 151 Å². The monoisotopic (exact) mass is 921 g/mol. The highest BCUT2D eigenvalue weighted by atomic mass is 16.6. The van der Waals surface area contributed by atoms with E-state index in [4.69, 9.17) is 19.4 Å². The molecule has 2 aromatic heterocycles. The summed E-state index contributed by atoms with van der Waals surface area (Å²) in [6, 6.07) is 27.0. The van der Waals surface area contributed by atoms with Crippen LogP contribution in [0.5, 0.6) is 0 Å². The van der Waals surface area contributed by atoms with Gasteiger partial charge in [0.25, 0.3) is 0 Å². The number of nitrogens with one attached hydrogen (secondary N) is 1. The molecule has 2 unspecified atom stereocenters. The fourth-order valence-corrected chi connectivity index (χ4v) is 12.1. The van der Waals surface area contributed by atoms with Crippen molar-refractivity contribution < 1.29 is 23.9 Å². The Morgan fingerprint density at radius 2 is 1.19 bits per heavy atom. The fraction of sp³-hybridized carbons (Fsp3) is 0.509. The van der Waals surface area contributed by atoms with E-state index in [1.54, 1.807) is 0 Å². The van der Waals surface area contributed by atoms with Crippen LogP contribution in [0.4, 0.5) is 26.9 Å². The van der Waals surface area contributed by atoms with E-state index in [-0.39, 0.29) is 35.3 Å². The molecule has 1 N–H and O–H groups in total. The number of likely N-dealkylation sites (tertiary alicyclic amines) is 2. The SMILES string of the molecule is CCOC(=O)N1CC2(CCC(N3CCN(c4ncccc4-c4ccc(NC(=O)Cc5ccc(-c6ccc(C#N)cc6)c(N6CCN(C7CCC8(C7)CN(C(=O)OCC)C8)CC6)n5)cc4)CC3)C2)C1. The van der Waals surface area contributed by atoms with Crippen molar-refractivity contribution in [3.8, 4) is 28.3 Å². The molecule has 2 aromatic carbocycles. The van der Waals surface area contributed by atoms with E-state index in [0.717, 1.165) is 144 Å². The average molecular weight is 921 g/mol. The van der Waals surface area contributed by atoms with E-state index in [9.17, 15) is 19.6 Å². The Kier molecular flexibility index (Phi) is 13.0. The van der Waals surface area contributed by atoms with Gasteiger partial charge in [0, 0.05) is 124 Å². The third-order valence-electron chi connectivity index (χ3n) is 15.6. The van der Waals surface area contributed by atoms with Gasteiger partial charge in [-0.25, -0.2) is 19.6 Å². The Balaban J connectivity index is 0.749. The van der Waals surface area contributed by atoms with E-state index in [2.05, 4.69) is 55.3 Å². The van der Waals surface area contributed by atoms with Crippen molar-refractivity contribution in [2.24, 2.45) is 10.8 Å². The number of carbonyl (C=O) groups excluding carboxylic acids is 3. The lowest BCUT2D eigenvalue weighted by Gasteiger charge is -2.48. The van der Waals surface area contributed by atoms with Gasteiger partial charge >= 0.3 is 12.2 Å². The third-order valence-corrected chi connectivity index (χ3v) is 15.6. The van der Waals surface area contributed by atoms with Crippen LogP contribution in [0.3, 0.4) is 0 Å². The van der Waals surface area contributed by atoms with Gasteiger partial charge in [-0.15, -0.1) is 0 Å². The number of nitriles is 1. The number of nitrogens with zero attached hydrogens (tertiary/aromatic N) is 9. The number of ether oxygens (including phenoxy) is 2. The number of hydrogen-bond donors (Lipinski definition) is 1. The maximum absolute atomic E-state index is 13.6. The summed E-state index contributed by atoms with van der Waals surface area (Å²) >= 11 is 0. The highest BCUT2D eigenvalue weighted by molar-refractivity contribution is 5.93. The second-order valence-electron chi connectivity index (χ2n) is 20.0. The molecule has 15 nitrogen and oxygen atoms in total. The van der Waals surface area contributed by atoms with Gasteiger partial charge in [0.1, 0.15) is 11.6 Å². The second-order valence-corrected chi connectivity index (χ2v) is 20.0. The molecule has 6 aliphatic rings. The number of amides is 3. The molecule has 6 heterocycles. The molecule has 4 aliphatic heterocycles. The summed E-state index contributed by atoms with van der Waals surface area (Å²) in [6.45, 7) is 15.0. The van der Waals surface area contributed by atoms with Crippen molar-refractivity contribution in [2.45, 2.75) is 70.9 Å². The van der Waals surface area contributed by atoms with E-state index in [1.807, 2.05) is 78.4 Å². The number of anilines is 3. The summed E-state index contributed by atoms with van der Waals surface area (Å²) < 4.78 is 10.5. The molecular weight excluding hydrogens is 857 g/mol. The Hall–Kier alpha value is -6.24. The molecule has 6 fully saturated rings. The van der Waals surface area contributed by atoms with Crippen LogP contribution in [0.15, 0.2) is 79.0 Å². The molecule has 4 aromatic rings. The predicted molar refractivity (Wildman–Crippen MR) is 261 cm³/mol. The van der Waals surface area contributed by atoms with Gasteiger partial charge < -0.3 is 34.4 Å². The van der Waals surface area contributed by atoms with Crippen LogP contribution in [0, 0.1) is 22.2 Å². The van der Waals surface area contributed by atoms with E-state index >= 15 is 0 Å². The molecule has 2 aliphatic carbocycles. The van der Waals surface area contributed by atoms with Gasteiger partial charge in [0.05, 0.1) is 37.0 Å². The second kappa shape index (κ2) is 19.4. The lowest BCUT2D eigenvalue weighted by molar-refractivity contribution is -0.115. The van der Waals surface area contributed by atoms with Gasteiger partial charge in [-0.1, -0.05) is 24.3 Å². The molecule has 0 radical (unpaired) electrons. The first kappa shape index (κ1) is 45.5. The number of rotatable bonds is 11. The van der Waals surface area contributed by atoms with Crippen molar-refractivity contribution in [3.05, 3.63) is 90.3 Å². The van der Waals surface area contributed by atoms with Crippen molar-refractivity contribution in [1.82, 2.24) is 29.6 Å². The summed E-state index contributed by atoms with van der Waals surface area (Å²) in [4.78, 5) is 61.8. The zero-order valence-corrected chi connectivity index (χ0v) is 39.6. The zero-order valence-electron chi connectivity index (χ0n) is 39.6. The maximum atomic E-state index is 13.6. The molecule has 0 bridgehead atoms. The highest BCUT2D eigenvalue weighted by Crippen LogP contribution is 2.49. The van der Waals surface area contributed by atoms with Crippen molar-refractivity contribution in [3.63, 3.8) is 0 Å². The molecule has 4 saturated heterocycles. The molecule has 68 heavy (non-hydrogen) atoms. The minimum Gasteiger partial charge on any atom is -0.450 e. The minimum absolute atomic E-state index is 0.127. The molecule has 356 valence electrons. The molecule has 2 spiro atoms. The average Bonchev–Trinajstić information content (AvgIpc) is 4.01. The van der Waals surface area contributed by atoms with Crippen molar-refractivity contribution in [2.75, 3.05) is 107 Å². The van der Waals surface area contributed by atoms with Gasteiger partial charge in [0.2, 0.25) is 5.91 Å². The summed E-state index contributed by atoms with van der Waals surface area (Å²) in [5.74, 6) is 1.70. The smallest absolute Gasteiger partial charge is 0.409 e. The van der Waals surface area contributed by atoms with Gasteiger partial charge in [0.15, 0.2) is 0 Å². The van der Waals surface area contributed by atoms with Crippen LogP contribution >= 0.6 is 0 Å². The Morgan fingerprint density at radius 1 is 0.676 bits per heavy atom. The van der Waals surface area contributed by atoms with Crippen LogP contribution in [0.2, 0.25) is 0 Å². The first-order valence-electron chi connectivity index (χ1n) is 24.8. The third kappa shape index (κ3) is 9.45. The molecular formula is C53H64N10O5. The van der Waals surface area contributed by atoms with E-state index in [1.165, 1.54) is 12.8 Å². The first-order chi connectivity index (χ1) is 33.1. The van der Waals surface area contributed by atoms with Gasteiger partial charge in [-0.2, -0.15) is 5.26 Å². The summed E-state index contributed by atoms with van der Waals surface area (Å²) in [5.41, 5.74) is 6.56. The van der Waals surface area contributed by atoms with Crippen LogP contribution in [0.25, 0.3) is 22.3 Å². The standard InChI is InChI=1S/C53H64N10O5/c1-3-67-50(65)62-34-52(35-62)19-17-43(31-52)58-22-26-60(27-23-58)48-45(6-5-21-55-48)40-11-13-41(14-12-40)56-47(64)30-42-15-16-46(39-9-7-38(33-54)8-10-39)49(57-42)61-28-24-59(25-29-61)44-18-20-53(32-44)36-63(37-53)51(66)68-4-2/h5-16,21,43-44H,3-4,17-20,22-32,34-37H2,1-2H3,(H,56,64). The Morgan fingerprint density at radius 3 is 1.72 bits per heavy atom. The van der Waals surface area contributed by atoms with E-state index in [0.29, 0.717) is 36.6 Å². The minimum atomic E-state index is -0.193. The summed E-state index contributed by atoms with van der Waals surface area (Å²) in [7, 11) is 0. The maximum Gasteiger partial charge on any atom is 0.409 e. The first-order valence-corrected chi connectivity index (χ1v) is 24.8. The van der Waals surface area contributed by atoms with Gasteiger partial charge in [-0.3, -0.25) is 14.6 Å². The molecule has 2 atom stereocenters. The number of hydrogen-bond acceptors (Lipinski definition) is 12. The Labute approximate surface area is 400 Å². The number of pyridine rings is 2. The summed E-state index contributed by atoms with van der Waals surface area (Å²) in [5, 5.41) is 12.6. The highest BCUT2D eigenvalue weighted by Gasteiger charge is 2.52. The Bertz CT molecular complexity index is 2500. The molecule has 2 saturated carbocycles. The van der Waals surface area contributed by atoms with Crippen LogP contribution in [0.1, 0.15) is 63.6 Å². The van der Waals surface area contributed by atoms with Crippen molar-refractivity contribution in [1.29, 1.82) is 5.26 Å². The number of aromatic nitrogens is 2. The zero-order chi connectivity index (χ0) is 46.8. The number of benzene rings is 2. The lowest BCUT2D eigenvalue weighted by atomic mass is 9.78. The largest absolute Gasteiger partial charge is 0.450 e. The normalized spacial score (nSPS) is 22.1. The number of piperazine rings is 2. The van der Waals surface area contributed by atoms with Crippen LogP contribution < -0.4 is 15.1 Å². The fourth-order valence-electron chi connectivity index (χ4n) is 12.1. The summed E-state index contributed by atoms with van der Waals surface area (Å²) in [6.07, 6.45) is 8.51. The molecule has 15 heteroatoms. The lowest BCUT2D eigenvalue weighted by Crippen LogP contribution is -2.58. The molecule has 3 amide bonds. The van der Waals surface area contributed by atoms with E-state index < -0.39 is 0 Å². The molecule has 10 rings (SSSR count).